The van der Waals surface area contributed by atoms with Gasteiger partial charge in [0, 0.05) is 12.7 Å². The predicted molar refractivity (Wildman–Crippen MR) is 71.8 cm³/mol. The molecular formula is C13H11ClN2O2. The van der Waals surface area contributed by atoms with Crippen molar-refractivity contribution in [1.82, 2.24) is 9.55 Å². The molecule has 0 radical (unpaired) electrons. The molecular weight excluding hydrogens is 252 g/mol. The lowest BCUT2D eigenvalue weighted by Gasteiger charge is -2.00. The van der Waals surface area contributed by atoms with E-state index in [-0.39, 0.29) is 5.02 Å². The third-order valence-corrected chi connectivity index (χ3v) is 2.65. The molecule has 0 saturated heterocycles. The normalized spacial score (nSPS) is 10.9. The van der Waals surface area contributed by atoms with Gasteiger partial charge in [0.25, 0.3) is 5.56 Å². The van der Waals surface area contributed by atoms with Gasteiger partial charge in [-0.2, -0.15) is 0 Å². The molecule has 92 valence electrons. The molecule has 0 spiro atoms. The smallest absolute Gasteiger partial charge is 0.295 e. The molecule has 0 aliphatic carbocycles. The Labute approximate surface area is 108 Å². The SMILES string of the molecule is O=c1[nH]c(=O)n(CC=Cc2ccccc2)cc1Cl. The fourth-order valence-corrected chi connectivity index (χ4v) is 1.65. The molecule has 1 aromatic carbocycles. The van der Waals surface area contributed by atoms with Crippen LogP contribution in [0.15, 0.2) is 52.2 Å². The predicted octanol–water partition coefficient (Wildman–Crippen LogP) is 1.90. The Morgan fingerprint density at radius 3 is 2.67 bits per heavy atom. The summed E-state index contributed by atoms with van der Waals surface area (Å²) in [6.07, 6.45) is 5.05. The standard InChI is InChI=1S/C13H11ClN2O2/c14-11-9-16(13(18)15-12(11)17)8-4-7-10-5-2-1-3-6-10/h1-7,9H,8H2,(H,15,17,18). The van der Waals surface area contributed by atoms with E-state index in [0.29, 0.717) is 6.54 Å². The van der Waals surface area contributed by atoms with Crippen LogP contribution in [0.1, 0.15) is 5.56 Å². The lowest BCUT2D eigenvalue weighted by molar-refractivity contribution is 0.738. The number of aromatic amines is 1. The summed E-state index contributed by atoms with van der Waals surface area (Å²) in [6.45, 7) is 0.351. The van der Waals surface area contributed by atoms with Crippen molar-refractivity contribution in [1.29, 1.82) is 0 Å². The van der Waals surface area contributed by atoms with E-state index in [1.807, 2.05) is 42.5 Å². The highest BCUT2D eigenvalue weighted by Gasteiger charge is 1.99. The van der Waals surface area contributed by atoms with Crippen molar-refractivity contribution >= 4 is 17.7 Å². The van der Waals surface area contributed by atoms with Gasteiger partial charge in [0.1, 0.15) is 5.02 Å². The van der Waals surface area contributed by atoms with E-state index in [4.69, 9.17) is 11.6 Å². The quantitative estimate of drug-likeness (QED) is 0.919. The number of hydrogen-bond donors (Lipinski definition) is 1. The number of nitrogens with zero attached hydrogens (tertiary/aromatic N) is 1. The zero-order chi connectivity index (χ0) is 13.0. The van der Waals surface area contributed by atoms with E-state index >= 15 is 0 Å². The molecule has 0 unspecified atom stereocenters. The van der Waals surface area contributed by atoms with Gasteiger partial charge in [-0.15, -0.1) is 0 Å². The van der Waals surface area contributed by atoms with Gasteiger partial charge in [-0.25, -0.2) is 4.79 Å². The summed E-state index contributed by atoms with van der Waals surface area (Å²) in [5.41, 5.74) is 0.00754. The molecule has 0 bridgehead atoms. The highest BCUT2D eigenvalue weighted by molar-refractivity contribution is 6.30. The summed E-state index contributed by atoms with van der Waals surface area (Å²) in [6, 6.07) is 9.72. The molecule has 0 aliphatic rings. The first-order chi connectivity index (χ1) is 8.66. The van der Waals surface area contributed by atoms with Gasteiger partial charge in [-0.1, -0.05) is 54.1 Å². The fourth-order valence-electron chi connectivity index (χ4n) is 1.48. The Balaban J connectivity index is 2.16. The van der Waals surface area contributed by atoms with Crippen LogP contribution in [0, 0.1) is 0 Å². The van der Waals surface area contributed by atoms with Crippen molar-refractivity contribution in [3.05, 3.63) is 74.0 Å². The summed E-state index contributed by atoms with van der Waals surface area (Å²) in [4.78, 5) is 24.7. The zero-order valence-electron chi connectivity index (χ0n) is 9.47. The summed E-state index contributed by atoms with van der Waals surface area (Å²) in [5, 5.41) is 0.00251. The molecule has 0 fully saturated rings. The monoisotopic (exact) mass is 262 g/mol. The van der Waals surface area contributed by atoms with Crippen LogP contribution in [0.25, 0.3) is 6.08 Å². The van der Waals surface area contributed by atoms with Gasteiger partial charge < -0.3 is 0 Å². The zero-order valence-corrected chi connectivity index (χ0v) is 10.2. The van der Waals surface area contributed by atoms with Crippen molar-refractivity contribution in [2.45, 2.75) is 6.54 Å². The van der Waals surface area contributed by atoms with Gasteiger partial charge >= 0.3 is 5.69 Å². The third kappa shape index (κ3) is 2.99. The Morgan fingerprint density at radius 1 is 1.22 bits per heavy atom. The molecule has 18 heavy (non-hydrogen) atoms. The minimum Gasteiger partial charge on any atom is -0.295 e. The molecule has 1 heterocycles. The van der Waals surface area contributed by atoms with Crippen molar-refractivity contribution in [2.24, 2.45) is 0 Å². The minimum absolute atomic E-state index is 0.00251. The lowest BCUT2D eigenvalue weighted by Crippen LogP contribution is -2.29. The van der Waals surface area contributed by atoms with E-state index in [2.05, 4.69) is 4.98 Å². The number of aromatic nitrogens is 2. The number of benzene rings is 1. The largest absolute Gasteiger partial charge is 0.328 e. The molecule has 0 saturated carbocycles. The number of nitrogens with one attached hydrogen (secondary N) is 1. The highest BCUT2D eigenvalue weighted by atomic mass is 35.5. The first-order valence-electron chi connectivity index (χ1n) is 5.37. The number of H-pyrrole nitrogens is 1. The highest BCUT2D eigenvalue weighted by Crippen LogP contribution is 2.01. The van der Waals surface area contributed by atoms with Gasteiger partial charge in [0.15, 0.2) is 0 Å². The van der Waals surface area contributed by atoms with E-state index in [1.165, 1.54) is 10.8 Å². The van der Waals surface area contributed by atoms with Gasteiger partial charge in [-0.05, 0) is 5.56 Å². The lowest BCUT2D eigenvalue weighted by atomic mass is 10.2. The molecule has 2 rings (SSSR count). The number of halogens is 1. The van der Waals surface area contributed by atoms with Crippen LogP contribution in [-0.2, 0) is 6.54 Å². The molecule has 1 N–H and O–H groups in total. The van der Waals surface area contributed by atoms with E-state index in [0.717, 1.165) is 5.56 Å². The average molecular weight is 263 g/mol. The van der Waals surface area contributed by atoms with Crippen LogP contribution in [0.4, 0.5) is 0 Å². The van der Waals surface area contributed by atoms with Crippen molar-refractivity contribution in [2.75, 3.05) is 0 Å². The Morgan fingerprint density at radius 2 is 1.94 bits per heavy atom. The van der Waals surface area contributed by atoms with Crippen molar-refractivity contribution in [3.8, 4) is 0 Å². The second-order valence-corrected chi connectivity index (χ2v) is 4.11. The second-order valence-electron chi connectivity index (χ2n) is 3.70. The summed E-state index contributed by atoms with van der Waals surface area (Å²) >= 11 is 5.65. The number of rotatable bonds is 3. The van der Waals surface area contributed by atoms with Crippen molar-refractivity contribution < 1.29 is 0 Å². The topological polar surface area (TPSA) is 54.9 Å². The van der Waals surface area contributed by atoms with Crippen LogP contribution in [0.5, 0.6) is 0 Å². The van der Waals surface area contributed by atoms with Crippen LogP contribution < -0.4 is 11.2 Å². The Bertz CT molecular complexity index is 671. The molecule has 2 aromatic rings. The van der Waals surface area contributed by atoms with E-state index in [9.17, 15) is 9.59 Å². The maximum Gasteiger partial charge on any atom is 0.328 e. The molecule has 0 atom stereocenters. The first-order valence-corrected chi connectivity index (χ1v) is 5.75. The third-order valence-electron chi connectivity index (χ3n) is 2.38. The molecule has 1 aromatic heterocycles. The van der Waals surface area contributed by atoms with Crippen LogP contribution in [0.2, 0.25) is 5.02 Å². The molecule has 4 nitrogen and oxygen atoms in total. The second kappa shape index (κ2) is 5.51. The van der Waals surface area contributed by atoms with Gasteiger partial charge in [0.2, 0.25) is 0 Å². The summed E-state index contributed by atoms with van der Waals surface area (Å²) < 4.78 is 1.34. The maximum absolute atomic E-state index is 11.4. The summed E-state index contributed by atoms with van der Waals surface area (Å²) in [5.74, 6) is 0. The maximum atomic E-state index is 11.4. The number of hydrogen-bond acceptors (Lipinski definition) is 2. The minimum atomic E-state index is -0.565. The van der Waals surface area contributed by atoms with Crippen LogP contribution in [0.3, 0.4) is 0 Å². The van der Waals surface area contributed by atoms with E-state index in [1.54, 1.807) is 0 Å². The summed E-state index contributed by atoms with van der Waals surface area (Å²) in [7, 11) is 0. The fraction of sp³-hybridized carbons (Fsp3) is 0.0769. The van der Waals surface area contributed by atoms with E-state index < -0.39 is 11.2 Å². The van der Waals surface area contributed by atoms with Crippen LogP contribution in [-0.4, -0.2) is 9.55 Å². The van der Waals surface area contributed by atoms with Gasteiger partial charge in [0.05, 0.1) is 0 Å². The first kappa shape index (κ1) is 12.4. The molecule has 0 amide bonds. The molecule has 0 aliphatic heterocycles. The Kier molecular flexibility index (Phi) is 3.79. The van der Waals surface area contributed by atoms with Crippen molar-refractivity contribution in [3.63, 3.8) is 0 Å². The van der Waals surface area contributed by atoms with Crippen LogP contribution >= 0.6 is 11.6 Å². The number of allylic oxidation sites excluding steroid dienone is 1. The Hall–Kier alpha value is -2.07. The molecule has 5 heteroatoms. The average Bonchev–Trinajstić information content (AvgIpc) is 2.37. The van der Waals surface area contributed by atoms with Gasteiger partial charge in [-0.3, -0.25) is 14.3 Å².